The summed E-state index contributed by atoms with van der Waals surface area (Å²) in [6, 6.07) is 13.1. The van der Waals surface area contributed by atoms with Crippen LogP contribution in [0.25, 0.3) is 0 Å². The zero-order chi connectivity index (χ0) is 18.8. The van der Waals surface area contributed by atoms with Crippen LogP contribution in [0.3, 0.4) is 0 Å². The number of β-amino-alcohol motifs (C(OH)–C–C–N with tert-alkyl or cyclic N) is 1. The van der Waals surface area contributed by atoms with Crippen LogP contribution >= 0.6 is 0 Å². The van der Waals surface area contributed by atoms with Gasteiger partial charge in [-0.2, -0.15) is 0 Å². The second-order valence-electron chi connectivity index (χ2n) is 8.03. The molecule has 27 heavy (non-hydrogen) atoms. The summed E-state index contributed by atoms with van der Waals surface area (Å²) in [5.41, 5.74) is 1.41. The Bertz CT molecular complexity index is 753. The van der Waals surface area contributed by atoms with Gasteiger partial charge in [-0.3, -0.25) is 0 Å². The van der Waals surface area contributed by atoms with Gasteiger partial charge in [-0.15, -0.1) is 0 Å². The van der Waals surface area contributed by atoms with Gasteiger partial charge in [0.25, 0.3) is 0 Å². The number of nitrogens with zero attached hydrogens (tertiary/aromatic N) is 5. The van der Waals surface area contributed by atoms with Crippen LogP contribution in [0.15, 0.2) is 42.7 Å². The first-order valence-electron chi connectivity index (χ1n) is 9.81. The van der Waals surface area contributed by atoms with E-state index in [1.165, 1.54) is 5.56 Å². The highest BCUT2D eigenvalue weighted by Gasteiger charge is 2.33. The van der Waals surface area contributed by atoms with Gasteiger partial charge in [0, 0.05) is 44.2 Å². The summed E-state index contributed by atoms with van der Waals surface area (Å²) in [4.78, 5) is 15.8. The molecule has 4 rings (SSSR count). The topological polar surface area (TPSA) is 55.7 Å². The van der Waals surface area contributed by atoms with Crippen LogP contribution in [0.4, 0.5) is 11.6 Å². The van der Waals surface area contributed by atoms with Crippen molar-refractivity contribution in [1.29, 1.82) is 0 Å². The van der Waals surface area contributed by atoms with E-state index in [1.54, 1.807) is 6.33 Å². The summed E-state index contributed by atoms with van der Waals surface area (Å²) >= 11 is 0. The summed E-state index contributed by atoms with van der Waals surface area (Å²) in [6.07, 6.45) is 3.31. The van der Waals surface area contributed by atoms with Gasteiger partial charge in [0.1, 0.15) is 18.0 Å². The molecule has 1 aromatic heterocycles. The summed E-state index contributed by atoms with van der Waals surface area (Å²) < 4.78 is 0. The van der Waals surface area contributed by atoms with E-state index in [9.17, 15) is 5.11 Å². The standard InChI is InChI=1S/C21H29N5O/c1-24(2)13-18-10-19(27)14-26(18)21-11-20(22-15-23-21)25-9-8-17(12-25)16-6-4-3-5-7-16/h3-7,11,15,17-19,27H,8-10,12-14H2,1-2H3/t17?,18-,19-/m1/s1. The Hall–Kier alpha value is -2.18. The molecule has 2 saturated heterocycles. The molecule has 2 aliphatic rings. The Morgan fingerprint density at radius 3 is 2.67 bits per heavy atom. The van der Waals surface area contributed by atoms with Crippen molar-refractivity contribution in [3.8, 4) is 0 Å². The van der Waals surface area contributed by atoms with E-state index in [0.29, 0.717) is 12.5 Å². The average molecular weight is 367 g/mol. The van der Waals surface area contributed by atoms with Crippen molar-refractivity contribution in [2.45, 2.75) is 30.9 Å². The minimum atomic E-state index is -0.289. The van der Waals surface area contributed by atoms with Crippen LogP contribution in [0, 0.1) is 0 Å². The van der Waals surface area contributed by atoms with Crippen LogP contribution in [-0.4, -0.2) is 72.4 Å². The van der Waals surface area contributed by atoms with Gasteiger partial charge < -0.3 is 19.8 Å². The Morgan fingerprint density at radius 1 is 1.11 bits per heavy atom. The van der Waals surface area contributed by atoms with Gasteiger partial charge in [0.05, 0.1) is 6.10 Å². The van der Waals surface area contributed by atoms with Crippen LogP contribution < -0.4 is 9.80 Å². The number of aliphatic hydroxyl groups is 1. The molecule has 0 bridgehead atoms. The quantitative estimate of drug-likeness (QED) is 0.872. The summed E-state index contributed by atoms with van der Waals surface area (Å²) in [7, 11) is 4.14. The van der Waals surface area contributed by atoms with Crippen LogP contribution in [0.5, 0.6) is 0 Å². The normalized spacial score (nSPS) is 25.6. The molecule has 6 heteroatoms. The van der Waals surface area contributed by atoms with Gasteiger partial charge in [0.2, 0.25) is 0 Å². The number of benzene rings is 1. The van der Waals surface area contributed by atoms with Gasteiger partial charge in [-0.05, 0) is 32.5 Å². The fourth-order valence-corrected chi connectivity index (χ4v) is 4.40. The Kier molecular flexibility index (Phi) is 5.27. The number of likely N-dealkylation sites (N-methyl/N-ethyl adjacent to an activating group) is 1. The van der Waals surface area contributed by atoms with Crippen molar-refractivity contribution < 1.29 is 5.11 Å². The van der Waals surface area contributed by atoms with E-state index < -0.39 is 0 Å². The van der Waals surface area contributed by atoms with E-state index in [0.717, 1.165) is 44.1 Å². The lowest BCUT2D eigenvalue weighted by atomic mass is 9.99. The predicted octanol–water partition coefficient (Wildman–Crippen LogP) is 1.97. The monoisotopic (exact) mass is 367 g/mol. The van der Waals surface area contributed by atoms with Crippen molar-refractivity contribution in [3.63, 3.8) is 0 Å². The van der Waals surface area contributed by atoms with Crippen LogP contribution in [-0.2, 0) is 0 Å². The number of hydrogen-bond acceptors (Lipinski definition) is 6. The average Bonchev–Trinajstić information content (AvgIpc) is 3.29. The molecule has 0 aliphatic carbocycles. The first-order chi connectivity index (χ1) is 13.1. The van der Waals surface area contributed by atoms with Crippen LogP contribution in [0.2, 0.25) is 0 Å². The molecule has 2 aliphatic heterocycles. The molecule has 0 saturated carbocycles. The molecule has 0 spiro atoms. The molecule has 1 unspecified atom stereocenters. The van der Waals surface area contributed by atoms with Crippen molar-refractivity contribution in [2.24, 2.45) is 0 Å². The van der Waals surface area contributed by atoms with E-state index in [-0.39, 0.29) is 12.1 Å². The van der Waals surface area contributed by atoms with Crippen molar-refractivity contribution in [3.05, 3.63) is 48.3 Å². The first kappa shape index (κ1) is 18.2. The molecule has 1 N–H and O–H groups in total. The predicted molar refractivity (Wildman–Crippen MR) is 108 cm³/mol. The largest absolute Gasteiger partial charge is 0.391 e. The molecule has 0 radical (unpaired) electrons. The highest BCUT2D eigenvalue weighted by Crippen LogP contribution is 2.32. The third-order valence-electron chi connectivity index (χ3n) is 5.68. The van der Waals surface area contributed by atoms with Gasteiger partial charge >= 0.3 is 0 Å². The van der Waals surface area contributed by atoms with E-state index >= 15 is 0 Å². The molecular formula is C21H29N5O. The molecule has 144 valence electrons. The smallest absolute Gasteiger partial charge is 0.134 e. The fraction of sp³-hybridized carbons (Fsp3) is 0.524. The highest BCUT2D eigenvalue weighted by atomic mass is 16.3. The molecule has 0 amide bonds. The van der Waals surface area contributed by atoms with Gasteiger partial charge in [0.15, 0.2) is 0 Å². The van der Waals surface area contributed by atoms with Crippen molar-refractivity contribution in [1.82, 2.24) is 14.9 Å². The maximum absolute atomic E-state index is 10.2. The fourth-order valence-electron chi connectivity index (χ4n) is 4.40. The maximum atomic E-state index is 10.2. The molecule has 1 aromatic carbocycles. The number of hydrogen-bond donors (Lipinski definition) is 1. The lowest BCUT2D eigenvalue weighted by Crippen LogP contribution is -2.38. The number of anilines is 2. The Labute approximate surface area is 161 Å². The number of aliphatic hydroxyl groups excluding tert-OH is 1. The highest BCUT2D eigenvalue weighted by molar-refractivity contribution is 5.52. The van der Waals surface area contributed by atoms with Gasteiger partial charge in [-0.25, -0.2) is 9.97 Å². The Morgan fingerprint density at radius 2 is 1.89 bits per heavy atom. The maximum Gasteiger partial charge on any atom is 0.134 e. The van der Waals surface area contributed by atoms with E-state index in [1.807, 2.05) is 0 Å². The summed E-state index contributed by atoms with van der Waals surface area (Å²) in [5, 5.41) is 10.2. The zero-order valence-electron chi connectivity index (χ0n) is 16.2. The van der Waals surface area contributed by atoms with Crippen molar-refractivity contribution >= 4 is 11.6 Å². The second kappa shape index (κ2) is 7.82. The van der Waals surface area contributed by atoms with E-state index in [4.69, 9.17) is 0 Å². The third-order valence-corrected chi connectivity index (χ3v) is 5.68. The number of aromatic nitrogens is 2. The second-order valence-corrected chi connectivity index (χ2v) is 8.03. The summed E-state index contributed by atoms with van der Waals surface area (Å²) in [5.74, 6) is 2.47. The Balaban J connectivity index is 1.49. The van der Waals surface area contributed by atoms with E-state index in [2.05, 4.69) is 75.2 Å². The summed E-state index contributed by atoms with van der Waals surface area (Å²) in [6.45, 7) is 3.56. The minimum absolute atomic E-state index is 0.286. The lowest BCUT2D eigenvalue weighted by Gasteiger charge is -2.28. The van der Waals surface area contributed by atoms with Crippen LogP contribution in [0.1, 0.15) is 24.3 Å². The zero-order valence-corrected chi connectivity index (χ0v) is 16.2. The first-order valence-corrected chi connectivity index (χ1v) is 9.81. The molecule has 2 aromatic rings. The lowest BCUT2D eigenvalue weighted by molar-refractivity contribution is 0.191. The molecule has 3 atom stereocenters. The molecular weight excluding hydrogens is 338 g/mol. The van der Waals surface area contributed by atoms with Crippen molar-refractivity contribution in [2.75, 3.05) is 50.1 Å². The number of rotatable bonds is 5. The third kappa shape index (κ3) is 4.06. The minimum Gasteiger partial charge on any atom is -0.391 e. The molecule has 2 fully saturated rings. The SMILES string of the molecule is CN(C)C[C@H]1C[C@@H](O)CN1c1cc(N2CCC(c3ccccc3)C2)ncn1. The molecule has 6 nitrogen and oxygen atoms in total. The van der Waals surface area contributed by atoms with Gasteiger partial charge in [-0.1, -0.05) is 30.3 Å². The molecule has 3 heterocycles.